The van der Waals surface area contributed by atoms with Crippen LogP contribution in [-0.2, 0) is 0 Å². The number of aliphatic imine (C=N–C) groups is 2. The zero-order valence-corrected chi connectivity index (χ0v) is 18.6. The van der Waals surface area contributed by atoms with E-state index >= 15 is 0 Å². The van der Waals surface area contributed by atoms with Gasteiger partial charge in [-0.2, -0.15) is 8.78 Å². The third-order valence-corrected chi connectivity index (χ3v) is 6.40. The van der Waals surface area contributed by atoms with Gasteiger partial charge in [0.2, 0.25) is 0 Å². The van der Waals surface area contributed by atoms with Crippen LogP contribution in [0.1, 0.15) is 23.0 Å². The Morgan fingerprint density at radius 2 is 2.24 bits per heavy atom. The summed E-state index contributed by atoms with van der Waals surface area (Å²) in [6.45, 7) is -3.41. The van der Waals surface area contributed by atoms with Crippen LogP contribution in [-0.4, -0.2) is 57.4 Å². The molecule has 174 valence electrons. The molecule has 0 radical (unpaired) electrons. The van der Waals surface area contributed by atoms with Crippen molar-refractivity contribution >= 4 is 35.0 Å². The molecular weight excluding hydrogens is 479 g/mol. The monoisotopic (exact) mass is 497 g/mol. The minimum atomic E-state index is -2.91. The summed E-state index contributed by atoms with van der Waals surface area (Å²) in [5.41, 5.74) is 6.20. The van der Waals surface area contributed by atoms with E-state index in [9.17, 15) is 23.4 Å². The fourth-order valence-electron chi connectivity index (χ4n) is 3.87. The summed E-state index contributed by atoms with van der Waals surface area (Å²) in [5.74, 6) is -0.116. The van der Waals surface area contributed by atoms with Gasteiger partial charge in [0, 0.05) is 51.8 Å². The van der Waals surface area contributed by atoms with Crippen LogP contribution in [0.4, 0.5) is 13.2 Å². The molecule has 1 aromatic heterocycles. The summed E-state index contributed by atoms with van der Waals surface area (Å²) in [6, 6.07) is 2.99. The zero-order valence-electron chi connectivity index (χ0n) is 17.0. The maximum absolute atomic E-state index is 13.7. The number of allylic oxidation sites excluding steroid dienone is 1. The van der Waals surface area contributed by atoms with Gasteiger partial charge in [-0.1, -0.05) is 17.7 Å². The summed E-state index contributed by atoms with van der Waals surface area (Å²) in [6.07, 6.45) is 3.70. The molecule has 0 saturated carbocycles. The number of nitrogens with two attached hydrogens (primary N) is 1. The molecular formula is C21H19ClF3N5O2S. The van der Waals surface area contributed by atoms with Crippen LogP contribution in [0.2, 0.25) is 5.02 Å². The number of fused-ring (bicyclic) bond motifs is 1. The predicted molar refractivity (Wildman–Crippen MR) is 120 cm³/mol. The molecule has 3 heterocycles. The van der Waals surface area contributed by atoms with E-state index in [1.165, 1.54) is 29.5 Å². The Bertz CT molecular complexity index is 1170. The maximum atomic E-state index is 13.7. The third-order valence-electron chi connectivity index (χ3n) is 5.31. The van der Waals surface area contributed by atoms with E-state index in [0.717, 1.165) is 12.3 Å². The second-order valence-electron chi connectivity index (χ2n) is 7.56. The van der Waals surface area contributed by atoms with E-state index < -0.39 is 30.6 Å². The zero-order chi connectivity index (χ0) is 23.8. The lowest BCUT2D eigenvalue weighted by atomic mass is 9.91. The Morgan fingerprint density at radius 3 is 2.88 bits per heavy atom. The number of rotatable bonds is 6. The molecule has 0 spiro atoms. The molecule has 7 nitrogen and oxygen atoms in total. The Labute approximate surface area is 196 Å². The van der Waals surface area contributed by atoms with Crippen molar-refractivity contribution in [1.29, 1.82) is 0 Å². The number of hydrogen-bond donors (Lipinski definition) is 3. The second kappa shape index (κ2) is 9.26. The minimum Gasteiger partial charge on any atom is -0.398 e. The lowest BCUT2D eigenvalue weighted by molar-refractivity contribution is -0.000764. The average Bonchev–Trinajstić information content (AvgIpc) is 3.40. The van der Waals surface area contributed by atoms with Crippen LogP contribution < -0.4 is 5.73 Å². The van der Waals surface area contributed by atoms with Gasteiger partial charge in [-0.3, -0.25) is 4.99 Å². The van der Waals surface area contributed by atoms with Gasteiger partial charge in [-0.25, -0.2) is 14.4 Å². The molecule has 0 amide bonds. The summed E-state index contributed by atoms with van der Waals surface area (Å²) in [7, 11) is 0. The molecule has 33 heavy (non-hydrogen) atoms. The topological polar surface area (TPSA) is 107 Å². The molecule has 4 rings (SSSR count). The number of aromatic nitrogens is 1. The highest BCUT2D eigenvalue weighted by atomic mass is 35.5. The number of hydrogen-bond acceptors (Lipinski definition) is 8. The minimum absolute atomic E-state index is 0.0130. The van der Waals surface area contributed by atoms with Gasteiger partial charge in [-0.15, -0.1) is 11.3 Å². The number of amidine groups is 1. The Hall–Kier alpha value is -2.73. The predicted octanol–water partition coefficient (Wildman–Crippen LogP) is 3.26. The van der Waals surface area contributed by atoms with E-state index in [1.807, 2.05) is 0 Å². The summed E-state index contributed by atoms with van der Waals surface area (Å²) < 4.78 is 38.7. The van der Waals surface area contributed by atoms with Crippen molar-refractivity contribution < 1.29 is 23.4 Å². The number of thiazole rings is 1. The number of alkyl halides is 2. The first-order valence-electron chi connectivity index (χ1n) is 9.76. The summed E-state index contributed by atoms with van der Waals surface area (Å²) in [4.78, 5) is 13.8. The second-order valence-corrected chi connectivity index (χ2v) is 8.86. The molecule has 0 unspecified atom stereocenters. The fourth-order valence-corrected chi connectivity index (χ4v) is 4.78. The molecule has 1 aromatic carbocycles. The van der Waals surface area contributed by atoms with Gasteiger partial charge >= 0.3 is 6.55 Å². The van der Waals surface area contributed by atoms with Gasteiger partial charge in [0.05, 0.1) is 13.2 Å². The first-order chi connectivity index (χ1) is 15.7. The highest BCUT2D eigenvalue weighted by molar-refractivity contribution is 7.11. The standard InChI is InChI=1S/C21H19ClF3N5O2S/c22-13-7-11(23)1-2-12(13)17-16(14(26)3-4-28-20(24)25)15-8-21(32,10-31)9-30(15)18(29-17)19-27-5-6-33-19/h1-7,17,20,31-32H,8-10,26H2/t17-,21+/m0/s1. The normalized spacial score (nSPS) is 23.6. The van der Waals surface area contributed by atoms with Crippen molar-refractivity contribution in [2.45, 2.75) is 24.6 Å². The van der Waals surface area contributed by atoms with E-state index in [-0.39, 0.29) is 23.7 Å². The highest BCUT2D eigenvalue weighted by Crippen LogP contribution is 2.45. The molecule has 12 heteroatoms. The number of aliphatic hydroxyl groups is 2. The van der Waals surface area contributed by atoms with Crippen molar-refractivity contribution in [3.63, 3.8) is 0 Å². The van der Waals surface area contributed by atoms with Gasteiger partial charge < -0.3 is 20.8 Å². The van der Waals surface area contributed by atoms with E-state index in [1.54, 1.807) is 16.5 Å². The van der Waals surface area contributed by atoms with Crippen molar-refractivity contribution in [3.05, 3.63) is 74.2 Å². The molecule has 1 saturated heterocycles. The van der Waals surface area contributed by atoms with Crippen molar-refractivity contribution in [2.75, 3.05) is 13.2 Å². The molecule has 2 aliphatic rings. The van der Waals surface area contributed by atoms with E-state index in [0.29, 0.717) is 27.7 Å². The number of aliphatic hydroxyl groups excluding tert-OH is 1. The van der Waals surface area contributed by atoms with Crippen LogP contribution in [0.5, 0.6) is 0 Å². The molecule has 1 fully saturated rings. The Morgan fingerprint density at radius 1 is 1.45 bits per heavy atom. The van der Waals surface area contributed by atoms with Gasteiger partial charge in [0.1, 0.15) is 17.5 Å². The summed E-state index contributed by atoms with van der Waals surface area (Å²) in [5, 5.41) is 23.1. The van der Waals surface area contributed by atoms with Crippen LogP contribution in [0.25, 0.3) is 0 Å². The van der Waals surface area contributed by atoms with Crippen molar-refractivity contribution in [1.82, 2.24) is 9.88 Å². The van der Waals surface area contributed by atoms with Crippen LogP contribution in [0, 0.1) is 5.82 Å². The first-order valence-corrected chi connectivity index (χ1v) is 11.0. The van der Waals surface area contributed by atoms with Crippen LogP contribution in [0.3, 0.4) is 0 Å². The van der Waals surface area contributed by atoms with E-state index in [4.69, 9.17) is 22.3 Å². The molecule has 0 bridgehead atoms. The number of nitrogens with zero attached hydrogens (tertiary/aromatic N) is 4. The highest BCUT2D eigenvalue weighted by Gasteiger charge is 2.46. The quantitative estimate of drug-likeness (QED) is 0.419. The first kappa shape index (κ1) is 23.4. The number of halogens is 4. The number of benzene rings is 1. The molecule has 4 N–H and O–H groups in total. The average molecular weight is 498 g/mol. The molecule has 2 atom stereocenters. The van der Waals surface area contributed by atoms with E-state index in [2.05, 4.69) is 9.98 Å². The smallest absolute Gasteiger partial charge is 0.331 e. The Kier molecular flexibility index (Phi) is 6.57. The summed E-state index contributed by atoms with van der Waals surface area (Å²) >= 11 is 7.67. The lowest BCUT2D eigenvalue weighted by Crippen LogP contribution is -2.40. The lowest BCUT2D eigenvalue weighted by Gasteiger charge is -2.33. The fraction of sp³-hybridized carbons (Fsp3) is 0.286. The third kappa shape index (κ3) is 4.67. The molecule has 2 aliphatic heterocycles. The van der Waals surface area contributed by atoms with Crippen molar-refractivity contribution in [2.24, 2.45) is 15.7 Å². The Balaban J connectivity index is 1.93. The van der Waals surface area contributed by atoms with Gasteiger partial charge in [0.15, 0.2) is 10.8 Å². The maximum Gasteiger partial charge on any atom is 0.331 e. The molecule has 2 aromatic rings. The molecule has 0 aliphatic carbocycles. The SMILES string of the molecule is NC(=CC=NC(F)F)C1=C2C[C@](O)(CO)CN2C(c2nccs2)=N[C@H]1c1ccc(F)cc1Cl. The van der Waals surface area contributed by atoms with Crippen molar-refractivity contribution in [3.8, 4) is 0 Å². The van der Waals surface area contributed by atoms with Gasteiger partial charge in [-0.05, 0) is 18.2 Å². The van der Waals surface area contributed by atoms with Gasteiger partial charge in [0.25, 0.3) is 0 Å². The largest absolute Gasteiger partial charge is 0.398 e. The van der Waals surface area contributed by atoms with Crippen LogP contribution in [0.15, 0.2) is 62.8 Å². The van der Waals surface area contributed by atoms with Crippen LogP contribution >= 0.6 is 22.9 Å².